The molecule has 0 bridgehead atoms. The maximum atomic E-state index is 9.59. The lowest BCUT2D eigenvalue weighted by Gasteiger charge is -1.78. The first-order chi connectivity index (χ1) is 3.31. The number of carbonyl (C=O) groups excluding carboxylic acids is 1. The third kappa shape index (κ3) is 3.19. The average Bonchev–Trinajstić information content (AvgIpc) is 1.68. The molecular weight excluding hydrogens is 92.1 g/mol. The monoisotopic (exact) mass is 99.0 g/mol. The molecule has 7 heavy (non-hydrogen) atoms. The van der Waals surface area contributed by atoms with Gasteiger partial charge in [0.15, 0.2) is 0 Å². The normalized spacial score (nSPS) is 11.4. The van der Waals surface area contributed by atoms with Crippen LogP contribution in [0.15, 0.2) is 11.6 Å². The van der Waals surface area contributed by atoms with Gasteiger partial charge in [-0.05, 0) is 12.5 Å². The van der Waals surface area contributed by atoms with Crippen molar-refractivity contribution in [2.45, 2.75) is 6.92 Å². The molecule has 0 saturated heterocycles. The summed E-state index contributed by atoms with van der Waals surface area (Å²) in [6.45, 7) is 1.50. The number of aliphatic hydroxyl groups is 1. The minimum Gasteiger partial charge on any atom is -0.392 e. The summed E-state index contributed by atoms with van der Waals surface area (Å²) in [6, 6.07) is 0. The van der Waals surface area contributed by atoms with Crippen LogP contribution in [0.1, 0.15) is 6.92 Å². The Morgan fingerprint density at radius 3 is 2.71 bits per heavy atom. The van der Waals surface area contributed by atoms with E-state index >= 15 is 0 Å². The van der Waals surface area contributed by atoms with Crippen molar-refractivity contribution in [3.63, 3.8) is 0 Å². The highest BCUT2D eigenvalue weighted by molar-refractivity contribution is 5.72. The van der Waals surface area contributed by atoms with Crippen molar-refractivity contribution < 1.29 is 9.90 Å². The van der Waals surface area contributed by atoms with Crippen molar-refractivity contribution in [1.82, 2.24) is 0 Å². The third-order valence-corrected chi connectivity index (χ3v) is 0.558. The molecule has 39 valence electrons. The largest absolute Gasteiger partial charge is 0.392 e. The lowest BCUT2D eigenvalue weighted by Crippen LogP contribution is -1.78. The molecule has 0 spiro atoms. The molecule has 1 N–H and O–H groups in total. The van der Waals surface area contributed by atoms with Gasteiger partial charge in [0.05, 0.1) is 6.61 Å². The van der Waals surface area contributed by atoms with E-state index < -0.39 is 0 Å². The second-order valence-electron chi connectivity index (χ2n) is 1.17. The highest BCUT2D eigenvalue weighted by atomic mass is 16.2. The number of allylic oxidation sites excluding steroid dienone is 1. The predicted molar refractivity (Wildman–Crippen MR) is 26.5 cm³/mol. The van der Waals surface area contributed by atoms with Crippen LogP contribution >= 0.6 is 0 Å². The van der Waals surface area contributed by atoms with Crippen LogP contribution in [-0.2, 0) is 4.79 Å². The Balaban J connectivity index is 3.49. The fourth-order valence-corrected chi connectivity index (χ4v) is 0.179. The van der Waals surface area contributed by atoms with E-state index in [9.17, 15) is 4.79 Å². The standard InChI is InChI=1S/C5H7O2/c1-5(4-7)2-3-6/h2,6H,3H2,1H3. The van der Waals surface area contributed by atoms with Crippen LogP contribution in [0.3, 0.4) is 0 Å². The van der Waals surface area contributed by atoms with Crippen molar-refractivity contribution in [3.05, 3.63) is 11.6 Å². The van der Waals surface area contributed by atoms with Crippen molar-refractivity contribution in [2.75, 3.05) is 6.61 Å². The van der Waals surface area contributed by atoms with Gasteiger partial charge in [-0.25, -0.2) is 0 Å². The van der Waals surface area contributed by atoms with E-state index in [1.54, 1.807) is 13.2 Å². The van der Waals surface area contributed by atoms with Crippen LogP contribution in [0.25, 0.3) is 0 Å². The fourth-order valence-electron chi connectivity index (χ4n) is 0.179. The Kier molecular flexibility index (Phi) is 3.24. The second-order valence-corrected chi connectivity index (χ2v) is 1.17. The molecule has 0 aromatic rings. The van der Waals surface area contributed by atoms with E-state index in [0.717, 1.165) is 0 Å². The topological polar surface area (TPSA) is 37.3 Å². The smallest absolute Gasteiger partial charge is 0.228 e. The zero-order valence-electron chi connectivity index (χ0n) is 4.14. The van der Waals surface area contributed by atoms with Crippen molar-refractivity contribution >= 4 is 6.29 Å². The number of rotatable bonds is 2. The molecule has 0 unspecified atom stereocenters. The van der Waals surface area contributed by atoms with E-state index in [-0.39, 0.29) is 6.61 Å². The van der Waals surface area contributed by atoms with E-state index in [1.165, 1.54) is 6.08 Å². The number of aliphatic hydroxyl groups excluding tert-OH is 1. The number of hydrogen-bond acceptors (Lipinski definition) is 2. The first-order valence-corrected chi connectivity index (χ1v) is 1.97. The zero-order valence-corrected chi connectivity index (χ0v) is 4.14. The summed E-state index contributed by atoms with van der Waals surface area (Å²) in [7, 11) is 0. The van der Waals surface area contributed by atoms with E-state index in [1.807, 2.05) is 0 Å². The summed E-state index contributed by atoms with van der Waals surface area (Å²) in [6.07, 6.45) is 3.01. The van der Waals surface area contributed by atoms with Crippen LogP contribution in [0.5, 0.6) is 0 Å². The molecule has 0 atom stereocenters. The van der Waals surface area contributed by atoms with E-state index in [4.69, 9.17) is 5.11 Å². The summed E-state index contributed by atoms with van der Waals surface area (Å²) in [5.41, 5.74) is 0.447. The summed E-state index contributed by atoms with van der Waals surface area (Å²) >= 11 is 0. The van der Waals surface area contributed by atoms with Gasteiger partial charge in [0.25, 0.3) is 0 Å². The number of hydrogen-bond donors (Lipinski definition) is 1. The van der Waals surface area contributed by atoms with Crippen molar-refractivity contribution in [1.29, 1.82) is 0 Å². The van der Waals surface area contributed by atoms with Crippen molar-refractivity contribution in [3.8, 4) is 0 Å². The SMILES string of the molecule is CC([C]=O)=CCO. The highest BCUT2D eigenvalue weighted by Gasteiger charge is 1.79. The third-order valence-electron chi connectivity index (χ3n) is 0.558. The summed E-state index contributed by atoms with van der Waals surface area (Å²) in [5.74, 6) is 0. The molecule has 0 rings (SSSR count). The van der Waals surface area contributed by atoms with Gasteiger partial charge < -0.3 is 5.11 Å². The van der Waals surface area contributed by atoms with Gasteiger partial charge in [-0.1, -0.05) is 6.08 Å². The molecule has 0 aliphatic carbocycles. The van der Waals surface area contributed by atoms with Crippen LogP contribution in [0, 0.1) is 0 Å². The van der Waals surface area contributed by atoms with Gasteiger partial charge in [-0.2, -0.15) is 0 Å². The molecule has 0 aliphatic heterocycles. The lowest BCUT2D eigenvalue weighted by molar-refractivity contribution is 0.342. The predicted octanol–water partition coefficient (Wildman–Crippen LogP) is 0.0347. The summed E-state index contributed by atoms with van der Waals surface area (Å²) < 4.78 is 0. The Morgan fingerprint density at radius 2 is 2.57 bits per heavy atom. The first kappa shape index (κ1) is 6.37. The zero-order chi connectivity index (χ0) is 5.70. The molecule has 0 aliphatic rings. The quantitative estimate of drug-likeness (QED) is 0.496. The first-order valence-electron chi connectivity index (χ1n) is 1.97. The lowest BCUT2D eigenvalue weighted by atomic mass is 10.3. The Hall–Kier alpha value is -0.630. The average molecular weight is 99.1 g/mol. The van der Waals surface area contributed by atoms with Crippen LogP contribution < -0.4 is 0 Å². The minimum atomic E-state index is -0.0823. The van der Waals surface area contributed by atoms with Crippen LogP contribution in [0.4, 0.5) is 0 Å². The van der Waals surface area contributed by atoms with Gasteiger partial charge in [0, 0.05) is 0 Å². The van der Waals surface area contributed by atoms with Crippen LogP contribution in [0.2, 0.25) is 0 Å². The molecule has 0 amide bonds. The second kappa shape index (κ2) is 3.56. The summed E-state index contributed by atoms with van der Waals surface area (Å²) in [5, 5.41) is 8.11. The van der Waals surface area contributed by atoms with E-state index in [0.29, 0.717) is 5.57 Å². The molecule has 2 heteroatoms. The maximum Gasteiger partial charge on any atom is 0.228 e. The molecule has 1 radical (unpaired) electrons. The van der Waals surface area contributed by atoms with Gasteiger partial charge in [-0.3, -0.25) is 4.79 Å². The Morgan fingerprint density at radius 1 is 2.00 bits per heavy atom. The van der Waals surface area contributed by atoms with Gasteiger partial charge in [0.2, 0.25) is 6.29 Å². The van der Waals surface area contributed by atoms with Gasteiger partial charge in [-0.15, -0.1) is 0 Å². The molecule has 0 fully saturated rings. The molecule has 0 saturated carbocycles. The Bertz CT molecular complexity index is 84.1. The molecule has 0 aromatic heterocycles. The van der Waals surface area contributed by atoms with Crippen molar-refractivity contribution in [2.24, 2.45) is 0 Å². The minimum absolute atomic E-state index is 0.0823. The maximum absolute atomic E-state index is 9.59. The molecule has 0 heterocycles. The molecular formula is C5H7O2. The molecule has 0 aromatic carbocycles. The van der Waals surface area contributed by atoms with Crippen LogP contribution in [-0.4, -0.2) is 18.0 Å². The fraction of sp³-hybridized carbons (Fsp3) is 0.400. The highest BCUT2D eigenvalue weighted by Crippen LogP contribution is 1.81. The Labute approximate surface area is 42.5 Å². The molecule has 2 nitrogen and oxygen atoms in total. The van der Waals surface area contributed by atoms with Gasteiger partial charge in [0.1, 0.15) is 0 Å². The van der Waals surface area contributed by atoms with Gasteiger partial charge >= 0.3 is 0 Å². The summed E-state index contributed by atoms with van der Waals surface area (Å²) in [4.78, 5) is 9.59. The van der Waals surface area contributed by atoms with E-state index in [2.05, 4.69) is 0 Å².